The molecule has 0 heterocycles. The molecule has 3 rings (SSSR count). The highest BCUT2D eigenvalue weighted by Gasteiger charge is 2.21. The first-order valence-electron chi connectivity index (χ1n) is 11.1. The number of methoxy groups -OCH3 is 4. The standard InChI is InChI=1S/C28H33O4/c1-29-25-18-16-22(17-19-25)13-9-15-24-20-23(14-8-12-21-10-6-5-7-11-21)26(30-2)28(32-4)27(24)31-3/h5-7,10-11,16-19H,8-9,12-15H2,1-4H3. The van der Waals surface area contributed by atoms with Crippen LogP contribution in [0.3, 0.4) is 0 Å². The predicted molar refractivity (Wildman–Crippen MR) is 128 cm³/mol. The molecule has 1 radical (unpaired) electrons. The molecule has 3 aromatic rings. The molecule has 0 aliphatic rings. The molecule has 0 aromatic heterocycles. The van der Waals surface area contributed by atoms with Crippen molar-refractivity contribution in [2.45, 2.75) is 38.5 Å². The van der Waals surface area contributed by atoms with E-state index in [1.807, 2.05) is 18.2 Å². The third kappa shape index (κ3) is 5.97. The monoisotopic (exact) mass is 433 g/mol. The molecule has 4 nitrogen and oxygen atoms in total. The lowest BCUT2D eigenvalue weighted by atomic mass is 9.97. The highest BCUT2D eigenvalue weighted by molar-refractivity contribution is 5.59. The summed E-state index contributed by atoms with van der Waals surface area (Å²) in [5.41, 5.74) is 4.70. The summed E-state index contributed by atoms with van der Waals surface area (Å²) in [7, 11) is 6.70. The smallest absolute Gasteiger partial charge is 0.203 e. The topological polar surface area (TPSA) is 36.9 Å². The van der Waals surface area contributed by atoms with Gasteiger partial charge in [-0.15, -0.1) is 0 Å². The Hall–Kier alpha value is -3.14. The Morgan fingerprint density at radius 2 is 1.03 bits per heavy atom. The highest BCUT2D eigenvalue weighted by Crippen LogP contribution is 2.43. The molecule has 0 aliphatic carbocycles. The maximum atomic E-state index is 5.72. The number of ether oxygens (including phenoxy) is 4. The van der Waals surface area contributed by atoms with Gasteiger partial charge >= 0.3 is 0 Å². The minimum atomic E-state index is 0.655. The molecule has 32 heavy (non-hydrogen) atoms. The van der Waals surface area contributed by atoms with Gasteiger partial charge in [0.25, 0.3) is 0 Å². The summed E-state index contributed by atoms with van der Waals surface area (Å²) in [5, 5.41) is 0. The Morgan fingerprint density at radius 3 is 1.50 bits per heavy atom. The fraction of sp³-hybridized carbons (Fsp3) is 0.357. The normalized spacial score (nSPS) is 10.6. The van der Waals surface area contributed by atoms with Crippen LogP contribution < -0.4 is 18.9 Å². The van der Waals surface area contributed by atoms with Crippen LogP contribution in [-0.4, -0.2) is 28.4 Å². The van der Waals surface area contributed by atoms with Gasteiger partial charge in [-0.1, -0.05) is 42.5 Å². The summed E-state index contributed by atoms with van der Waals surface area (Å²) >= 11 is 0. The van der Waals surface area contributed by atoms with Gasteiger partial charge in [-0.2, -0.15) is 0 Å². The van der Waals surface area contributed by atoms with Crippen LogP contribution >= 0.6 is 0 Å². The number of hydrogen-bond donors (Lipinski definition) is 0. The molecule has 0 saturated carbocycles. The van der Waals surface area contributed by atoms with Gasteiger partial charge in [0.2, 0.25) is 5.75 Å². The minimum Gasteiger partial charge on any atom is -0.497 e. The Morgan fingerprint density at radius 1 is 0.531 bits per heavy atom. The van der Waals surface area contributed by atoms with Crippen molar-refractivity contribution in [3.63, 3.8) is 0 Å². The minimum absolute atomic E-state index is 0.655. The first-order valence-corrected chi connectivity index (χ1v) is 11.1. The van der Waals surface area contributed by atoms with Gasteiger partial charge in [-0.25, -0.2) is 0 Å². The Bertz CT molecular complexity index is 965. The summed E-state index contributed by atoms with van der Waals surface area (Å²) in [5.74, 6) is 2.97. The Kier molecular flexibility index (Phi) is 8.85. The van der Waals surface area contributed by atoms with Crippen LogP contribution in [0, 0.1) is 6.07 Å². The molecule has 0 spiro atoms. The average molecular weight is 434 g/mol. The number of benzene rings is 3. The average Bonchev–Trinajstić information content (AvgIpc) is 2.84. The van der Waals surface area contributed by atoms with Crippen LogP contribution in [0.15, 0.2) is 54.6 Å². The summed E-state index contributed by atoms with van der Waals surface area (Å²) in [6, 6.07) is 22.4. The van der Waals surface area contributed by atoms with Gasteiger partial charge in [0.1, 0.15) is 5.75 Å². The van der Waals surface area contributed by atoms with Crippen molar-refractivity contribution in [3.8, 4) is 23.0 Å². The van der Waals surface area contributed by atoms with Gasteiger partial charge in [-0.3, -0.25) is 0 Å². The van der Waals surface area contributed by atoms with Crippen molar-refractivity contribution in [1.29, 1.82) is 0 Å². The van der Waals surface area contributed by atoms with Gasteiger partial charge in [0, 0.05) is 11.1 Å². The van der Waals surface area contributed by atoms with Gasteiger partial charge < -0.3 is 18.9 Å². The van der Waals surface area contributed by atoms with E-state index in [-0.39, 0.29) is 0 Å². The maximum absolute atomic E-state index is 5.72. The van der Waals surface area contributed by atoms with Gasteiger partial charge in [0.05, 0.1) is 28.4 Å². The molecule has 0 amide bonds. The first kappa shape index (κ1) is 23.5. The van der Waals surface area contributed by atoms with E-state index in [0.717, 1.165) is 61.2 Å². The fourth-order valence-corrected chi connectivity index (χ4v) is 4.02. The zero-order valence-corrected chi connectivity index (χ0v) is 19.6. The van der Waals surface area contributed by atoms with Crippen LogP contribution in [0.4, 0.5) is 0 Å². The molecule has 3 aromatic carbocycles. The van der Waals surface area contributed by atoms with E-state index in [4.69, 9.17) is 18.9 Å². The molecule has 4 heteroatoms. The number of aryl methyl sites for hydroxylation is 4. The summed E-state index contributed by atoms with van der Waals surface area (Å²) in [4.78, 5) is 0. The molecular weight excluding hydrogens is 400 g/mol. The lowest BCUT2D eigenvalue weighted by Gasteiger charge is -2.19. The van der Waals surface area contributed by atoms with E-state index in [0.29, 0.717) is 11.5 Å². The molecule has 0 N–H and O–H groups in total. The van der Waals surface area contributed by atoms with Crippen molar-refractivity contribution in [2.75, 3.05) is 28.4 Å². The maximum Gasteiger partial charge on any atom is 0.203 e. The van der Waals surface area contributed by atoms with Gasteiger partial charge in [-0.05, 0) is 67.9 Å². The third-order valence-corrected chi connectivity index (χ3v) is 5.66. The lowest BCUT2D eigenvalue weighted by Crippen LogP contribution is -2.04. The number of rotatable bonds is 12. The summed E-state index contributed by atoms with van der Waals surface area (Å²) in [6.07, 6.45) is 5.69. The lowest BCUT2D eigenvalue weighted by molar-refractivity contribution is 0.319. The molecular formula is C28H33O4. The zero-order chi connectivity index (χ0) is 22.8. The highest BCUT2D eigenvalue weighted by atomic mass is 16.5. The van der Waals surface area contributed by atoms with Crippen LogP contribution in [-0.2, 0) is 25.7 Å². The zero-order valence-electron chi connectivity index (χ0n) is 19.6. The van der Waals surface area contributed by atoms with Crippen molar-refractivity contribution in [1.82, 2.24) is 0 Å². The van der Waals surface area contributed by atoms with E-state index in [1.165, 1.54) is 11.1 Å². The van der Waals surface area contributed by atoms with Crippen molar-refractivity contribution >= 4 is 0 Å². The molecule has 0 fully saturated rings. The Balaban J connectivity index is 1.74. The summed E-state index contributed by atoms with van der Waals surface area (Å²) in [6.45, 7) is 0. The van der Waals surface area contributed by atoms with Crippen LogP contribution in [0.25, 0.3) is 0 Å². The van der Waals surface area contributed by atoms with Crippen LogP contribution in [0.1, 0.15) is 35.1 Å². The largest absolute Gasteiger partial charge is 0.497 e. The van der Waals surface area contributed by atoms with E-state index >= 15 is 0 Å². The van der Waals surface area contributed by atoms with Crippen molar-refractivity contribution in [2.24, 2.45) is 0 Å². The van der Waals surface area contributed by atoms with E-state index < -0.39 is 0 Å². The van der Waals surface area contributed by atoms with E-state index in [2.05, 4.69) is 42.5 Å². The van der Waals surface area contributed by atoms with Crippen LogP contribution in [0.5, 0.6) is 23.0 Å². The fourth-order valence-electron chi connectivity index (χ4n) is 4.02. The molecule has 0 bridgehead atoms. The SMILES string of the molecule is COc1ccc(CCCc2[c]c(CCCc3ccccc3)c(OC)c(OC)c2OC)cc1. The second-order valence-corrected chi connectivity index (χ2v) is 7.72. The molecule has 169 valence electrons. The second-order valence-electron chi connectivity index (χ2n) is 7.72. The first-order chi connectivity index (χ1) is 15.7. The van der Waals surface area contributed by atoms with Gasteiger partial charge in [0.15, 0.2) is 11.5 Å². The van der Waals surface area contributed by atoms with E-state index in [1.54, 1.807) is 28.4 Å². The van der Waals surface area contributed by atoms with Crippen LogP contribution in [0.2, 0.25) is 0 Å². The molecule has 0 aliphatic heterocycles. The van der Waals surface area contributed by atoms with E-state index in [9.17, 15) is 0 Å². The second kappa shape index (κ2) is 12.0. The molecule has 0 atom stereocenters. The quantitative estimate of drug-likeness (QED) is 0.358. The third-order valence-electron chi connectivity index (χ3n) is 5.66. The molecule has 0 unspecified atom stereocenters. The molecule has 0 saturated heterocycles. The number of hydrogen-bond acceptors (Lipinski definition) is 4. The predicted octanol–water partition coefficient (Wildman–Crippen LogP) is 5.87. The summed E-state index contributed by atoms with van der Waals surface area (Å²) < 4.78 is 22.4. The van der Waals surface area contributed by atoms with Crippen molar-refractivity contribution in [3.05, 3.63) is 82.9 Å². The Labute approximate surface area is 192 Å². The van der Waals surface area contributed by atoms with Crippen molar-refractivity contribution < 1.29 is 18.9 Å².